The fourth-order valence-corrected chi connectivity index (χ4v) is 1.35. The van der Waals surface area contributed by atoms with Gasteiger partial charge < -0.3 is 9.47 Å². The Labute approximate surface area is 78.5 Å². The first-order valence-electron chi connectivity index (χ1n) is 4.54. The summed E-state index contributed by atoms with van der Waals surface area (Å²) in [4.78, 5) is 0. The van der Waals surface area contributed by atoms with E-state index in [9.17, 15) is 0 Å². The third kappa shape index (κ3) is 1.74. The van der Waals surface area contributed by atoms with Gasteiger partial charge >= 0.3 is 0 Å². The Balaban J connectivity index is 2.12. The summed E-state index contributed by atoms with van der Waals surface area (Å²) in [5, 5.41) is 0. The fourth-order valence-electron chi connectivity index (χ4n) is 1.35. The summed E-state index contributed by atoms with van der Waals surface area (Å²) < 4.78 is 11.2. The van der Waals surface area contributed by atoms with Crippen LogP contribution < -0.4 is 0 Å². The summed E-state index contributed by atoms with van der Waals surface area (Å²) in [6, 6.07) is 10.7. The van der Waals surface area contributed by atoms with E-state index in [-0.39, 0.29) is 18.5 Å². The molecule has 0 aromatic heterocycles. The van der Waals surface area contributed by atoms with Crippen molar-refractivity contribution in [1.82, 2.24) is 0 Å². The molecule has 1 aliphatic heterocycles. The molecule has 2 unspecified atom stereocenters. The molecule has 1 aromatic rings. The lowest BCUT2D eigenvalue weighted by molar-refractivity contribution is -0.0652. The van der Waals surface area contributed by atoms with Crippen LogP contribution in [0.3, 0.4) is 0 Å². The molecule has 13 heavy (non-hydrogen) atoms. The minimum atomic E-state index is -0.206. The first-order valence-corrected chi connectivity index (χ1v) is 4.54. The van der Waals surface area contributed by atoms with E-state index in [1.54, 1.807) is 0 Å². The summed E-state index contributed by atoms with van der Waals surface area (Å²) in [5.74, 6) is 0. The maximum Gasteiger partial charge on any atom is 0.184 e. The zero-order valence-electron chi connectivity index (χ0n) is 7.86. The second kappa shape index (κ2) is 3.48. The molecule has 1 radical (unpaired) electrons. The largest absolute Gasteiger partial charge is 0.343 e. The molecule has 2 heteroatoms. The SMILES string of the molecule is CC1OC(c2c[c]ccc2)OC1C. The highest BCUT2D eigenvalue weighted by Crippen LogP contribution is 2.30. The number of hydrogen-bond acceptors (Lipinski definition) is 2. The van der Waals surface area contributed by atoms with E-state index in [1.807, 2.05) is 38.1 Å². The van der Waals surface area contributed by atoms with Gasteiger partial charge in [0.1, 0.15) is 0 Å². The molecule has 2 nitrogen and oxygen atoms in total. The second-order valence-electron chi connectivity index (χ2n) is 3.35. The van der Waals surface area contributed by atoms with Crippen molar-refractivity contribution < 1.29 is 9.47 Å². The number of hydrogen-bond donors (Lipinski definition) is 0. The highest BCUT2D eigenvalue weighted by atomic mass is 16.7. The van der Waals surface area contributed by atoms with Crippen molar-refractivity contribution >= 4 is 0 Å². The van der Waals surface area contributed by atoms with E-state index in [1.165, 1.54) is 0 Å². The van der Waals surface area contributed by atoms with Gasteiger partial charge in [-0.1, -0.05) is 18.2 Å². The summed E-state index contributed by atoms with van der Waals surface area (Å²) >= 11 is 0. The molecule has 1 aliphatic rings. The van der Waals surface area contributed by atoms with Gasteiger partial charge in [-0.05, 0) is 26.0 Å². The Morgan fingerprint density at radius 3 is 2.46 bits per heavy atom. The van der Waals surface area contributed by atoms with Crippen LogP contribution in [0.4, 0.5) is 0 Å². The van der Waals surface area contributed by atoms with Crippen molar-refractivity contribution in [3.63, 3.8) is 0 Å². The van der Waals surface area contributed by atoms with Crippen molar-refractivity contribution in [3.05, 3.63) is 35.9 Å². The lowest BCUT2D eigenvalue weighted by Crippen LogP contribution is -2.13. The molecule has 0 N–H and O–H groups in total. The van der Waals surface area contributed by atoms with Gasteiger partial charge in [0.2, 0.25) is 0 Å². The van der Waals surface area contributed by atoms with Gasteiger partial charge in [-0.25, -0.2) is 0 Å². The van der Waals surface area contributed by atoms with Crippen LogP contribution in [0.5, 0.6) is 0 Å². The van der Waals surface area contributed by atoms with Crippen LogP contribution in [0, 0.1) is 6.07 Å². The van der Waals surface area contributed by atoms with Gasteiger partial charge in [0.25, 0.3) is 0 Å². The Kier molecular flexibility index (Phi) is 2.34. The van der Waals surface area contributed by atoms with E-state index in [2.05, 4.69) is 6.07 Å². The molecule has 0 aliphatic carbocycles. The van der Waals surface area contributed by atoms with Crippen molar-refractivity contribution in [1.29, 1.82) is 0 Å². The highest BCUT2D eigenvalue weighted by molar-refractivity contribution is 5.15. The maximum atomic E-state index is 5.62. The maximum absolute atomic E-state index is 5.62. The highest BCUT2D eigenvalue weighted by Gasteiger charge is 2.30. The lowest BCUT2D eigenvalue weighted by Gasteiger charge is -2.08. The average molecular weight is 177 g/mol. The van der Waals surface area contributed by atoms with Crippen LogP contribution in [0.1, 0.15) is 25.7 Å². The van der Waals surface area contributed by atoms with E-state index >= 15 is 0 Å². The molecule has 0 saturated carbocycles. The molecule has 0 bridgehead atoms. The van der Waals surface area contributed by atoms with E-state index < -0.39 is 0 Å². The summed E-state index contributed by atoms with van der Waals surface area (Å²) in [6.07, 6.45) is 0.137. The molecule has 1 aromatic carbocycles. The van der Waals surface area contributed by atoms with Crippen molar-refractivity contribution in [2.45, 2.75) is 32.3 Å². The predicted molar refractivity (Wildman–Crippen MR) is 49.1 cm³/mol. The van der Waals surface area contributed by atoms with Crippen LogP contribution in [0.25, 0.3) is 0 Å². The molecule has 0 amide bonds. The van der Waals surface area contributed by atoms with Gasteiger partial charge in [-0.3, -0.25) is 0 Å². The molecular weight excluding hydrogens is 164 g/mol. The zero-order chi connectivity index (χ0) is 9.26. The summed E-state index contributed by atoms with van der Waals surface area (Å²) in [5.41, 5.74) is 1.04. The minimum Gasteiger partial charge on any atom is -0.343 e. The molecule has 1 saturated heterocycles. The first-order chi connectivity index (χ1) is 6.27. The van der Waals surface area contributed by atoms with Gasteiger partial charge in [0.15, 0.2) is 6.29 Å². The molecule has 1 heterocycles. The van der Waals surface area contributed by atoms with E-state index in [4.69, 9.17) is 9.47 Å². The molecule has 69 valence electrons. The van der Waals surface area contributed by atoms with Crippen molar-refractivity contribution in [2.75, 3.05) is 0 Å². The predicted octanol–water partition coefficient (Wildman–Crippen LogP) is 2.31. The molecule has 0 spiro atoms. The van der Waals surface area contributed by atoms with Gasteiger partial charge in [-0.15, -0.1) is 0 Å². The molecule has 2 rings (SSSR count). The smallest absolute Gasteiger partial charge is 0.184 e. The summed E-state index contributed by atoms with van der Waals surface area (Å²) in [6.45, 7) is 4.05. The number of ether oxygens (including phenoxy) is 2. The van der Waals surface area contributed by atoms with Crippen LogP contribution in [-0.4, -0.2) is 12.2 Å². The number of benzene rings is 1. The van der Waals surface area contributed by atoms with Crippen LogP contribution in [-0.2, 0) is 9.47 Å². The normalized spacial score (nSPS) is 33.5. The van der Waals surface area contributed by atoms with E-state index in [0.29, 0.717) is 0 Å². The van der Waals surface area contributed by atoms with Crippen LogP contribution in [0.15, 0.2) is 24.3 Å². The Bertz CT molecular complexity index is 261. The molecular formula is C11H13O2. The van der Waals surface area contributed by atoms with Gasteiger partial charge in [0, 0.05) is 5.56 Å². The van der Waals surface area contributed by atoms with Crippen molar-refractivity contribution in [2.24, 2.45) is 0 Å². The Morgan fingerprint density at radius 1 is 1.23 bits per heavy atom. The third-order valence-electron chi connectivity index (χ3n) is 2.34. The quantitative estimate of drug-likeness (QED) is 0.655. The number of rotatable bonds is 1. The molecule has 1 fully saturated rings. The van der Waals surface area contributed by atoms with Gasteiger partial charge in [0.05, 0.1) is 12.2 Å². The fraction of sp³-hybridized carbons (Fsp3) is 0.455. The van der Waals surface area contributed by atoms with Crippen LogP contribution in [0.2, 0.25) is 0 Å². The Hall–Kier alpha value is -0.860. The standard InChI is InChI=1S/C11H13O2/c1-8-9(2)13-11(12-8)10-6-4-3-5-7-10/h3-4,6-9,11H,1-2H3. The first kappa shape index (κ1) is 8.73. The minimum absolute atomic E-state index is 0.171. The monoisotopic (exact) mass is 177 g/mol. The van der Waals surface area contributed by atoms with Gasteiger partial charge in [-0.2, -0.15) is 0 Å². The molecule has 2 atom stereocenters. The second-order valence-corrected chi connectivity index (χ2v) is 3.35. The topological polar surface area (TPSA) is 18.5 Å². The Morgan fingerprint density at radius 2 is 1.92 bits per heavy atom. The summed E-state index contributed by atoms with van der Waals surface area (Å²) in [7, 11) is 0. The van der Waals surface area contributed by atoms with Crippen LogP contribution >= 0.6 is 0 Å². The van der Waals surface area contributed by atoms with E-state index in [0.717, 1.165) is 5.56 Å². The third-order valence-corrected chi connectivity index (χ3v) is 2.34. The lowest BCUT2D eigenvalue weighted by atomic mass is 10.2. The average Bonchev–Trinajstić information content (AvgIpc) is 2.49. The zero-order valence-corrected chi connectivity index (χ0v) is 7.86. The van der Waals surface area contributed by atoms with Crippen molar-refractivity contribution in [3.8, 4) is 0 Å².